The monoisotopic (exact) mass is 201 g/mol. The molecule has 0 aliphatic heterocycles. The summed E-state index contributed by atoms with van der Waals surface area (Å²) in [5.41, 5.74) is 5.27. The van der Waals surface area contributed by atoms with Gasteiger partial charge < -0.3 is 15.8 Å². The third-order valence-electron chi connectivity index (χ3n) is 1.45. The molecule has 3 N–H and O–H groups in total. The molecule has 13 heavy (non-hydrogen) atoms. The maximum Gasteiger partial charge on any atom is 0.106 e. The van der Waals surface area contributed by atoms with Crippen molar-refractivity contribution >= 4 is 11.3 Å². The van der Waals surface area contributed by atoms with E-state index in [1.54, 1.807) is 11.3 Å². The van der Waals surface area contributed by atoms with Gasteiger partial charge in [-0.05, 0) is 0 Å². The molecule has 0 atom stereocenters. The summed E-state index contributed by atoms with van der Waals surface area (Å²) in [4.78, 5) is 4.15. The lowest BCUT2D eigenvalue weighted by Crippen LogP contribution is -2.20. The molecule has 74 valence electrons. The van der Waals surface area contributed by atoms with Gasteiger partial charge in [-0.3, -0.25) is 0 Å². The number of aromatic nitrogens is 1. The first-order valence-corrected chi connectivity index (χ1v) is 5.18. The second-order valence-corrected chi connectivity index (χ2v) is 3.48. The van der Waals surface area contributed by atoms with E-state index in [0.717, 1.165) is 18.1 Å². The molecule has 0 bridgehead atoms. The van der Waals surface area contributed by atoms with Crippen LogP contribution in [0.25, 0.3) is 0 Å². The maximum absolute atomic E-state index is 5.27. The summed E-state index contributed by atoms with van der Waals surface area (Å²) < 4.78 is 5.20. The highest BCUT2D eigenvalue weighted by atomic mass is 32.1. The van der Waals surface area contributed by atoms with Crippen molar-refractivity contribution in [1.29, 1.82) is 0 Å². The fourth-order valence-corrected chi connectivity index (χ4v) is 1.45. The minimum absolute atomic E-state index is 0.590. The fourth-order valence-electron chi connectivity index (χ4n) is 0.865. The standard InChI is InChI=1S/C8H15N3OS/c9-1-4-12-5-2-10-7-8-11-3-6-13-8/h3,6,10H,1-2,4-5,7,9H2. The van der Waals surface area contributed by atoms with Crippen molar-refractivity contribution < 1.29 is 4.74 Å². The van der Waals surface area contributed by atoms with Crippen molar-refractivity contribution in [3.8, 4) is 0 Å². The molecule has 1 heterocycles. The molecule has 0 fully saturated rings. The molecule has 0 spiro atoms. The van der Waals surface area contributed by atoms with E-state index in [-0.39, 0.29) is 0 Å². The molecule has 0 aromatic carbocycles. The number of hydrogen-bond acceptors (Lipinski definition) is 5. The van der Waals surface area contributed by atoms with Gasteiger partial charge in [-0.25, -0.2) is 4.98 Å². The zero-order valence-corrected chi connectivity index (χ0v) is 8.35. The summed E-state index contributed by atoms with van der Waals surface area (Å²) in [7, 11) is 0. The van der Waals surface area contributed by atoms with Crippen molar-refractivity contribution in [2.24, 2.45) is 5.73 Å². The van der Waals surface area contributed by atoms with Crippen LogP contribution in [-0.4, -0.2) is 31.3 Å². The highest BCUT2D eigenvalue weighted by molar-refractivity contribution is 7.09. The van der Waals surface area contributed by atoms with Crippen molar-refractivity contribution in [2.45, 2.75) is 6.54 Å². The summed E-state index contributed by atoms with van der Waals surface area (Å²) in [5.74, 6) is 0. The number of nitrogens with zero attached hydrogens (tertiary/aromatic N) is 1. The van der Waals surface area contributed by atoms with Crippen LogP contribution in [0.5, 0.6) is 0 Å². The van der Waals surface area contributed by atoms with Crippen LogP contribution in [0.3, 0.4) is 0 Å². The van der Waals surface area contributed by atoms with Gasteiger partial charge in [-0.2, -0.15) is 0 Å². The molecule has 0 aliphatic rings. The first-order valence-electron chi connectivity index (χ1n) is 4.30. The Bertz CT molecular complexity index is 203. The molecule has 1 aromatic heterocycles. The van der Waals surface area contributed by atoms with Gasteiger partial charge in [0.15, 0.2) is 0 Å². The highest BCUT2D eigenvalue weighted by Gasteiger charge is 1.93. The third-order valence-corrected chi connectivity index (χ3v) is 2.22. The summed E-state index contributed by atoms with van der Waals surface area (Å²) in [6, 6.07) is 0. The Balaban J connectivity index is 1.90. The Morgan fingerprint density at radius 2 is 2.46 bits per heavy atom. The molecule has 0 aliphatic carbocycles. The number of nitrogens with two attached hydrogens (primary N) is 1. The van der Waals surface area contributed by atoms with Crippen LogP contribution in [0.2, 0.25) is 0 Å². The topological polar surface area (TPSA) is 60.2 Å². The maximum atomic E-state index is 5.27. The first kappa shape index (κ1) is 10.6. The molecule has 0 amide bonds. The van der Waals surface area contributed by atoms with Gasteiger partial charge in [-0.15, -0.1) is 11.3 Å². The van der Waals surface area contributed by atoms with Crippen LogP contribution >= 0.6 is 11.3 Å². The average molecular weight is 201 g/mol. The fraction of sp³-hybridized carbons (Fsp3) is 0.625. The second-order valence-electron chi connectivity index (χ2n) is 2.50. The Hall–Kier alpha value is -0.490. The van der Waals surface area contributed by atoms with Crippen molar-refractivity contribution in [3.63, 3.8) is 0 Å². The van der Waals surface area contributed by atoms with Gasteiger partial charge in [0.25, 0.3) is 0 Å². The SMILES string of the molecule is NCCOCCNCc1nccs1. The Morgan fingerprint density at radius 1 is 1.54 bits per heavy atom. The zero-order chi connectivity index (χ0) is 9.36. The van der Waals surface area contributed by atoms with Crippen molar-refractivity contribution in [3.05, 3.63) is 16.6 Å². The van der Waals surface area contributed by atoms with Crippen LogP contribution in [0.4, 0.5) is 0 Å². The van der Waals surface area contributed by atoms with E-state index >= 15 is 0 Å². The van der Waals surface area contributed by atoms with E-state index in [1.807, 2.05) is 11.6 Å². The number of ether oxygens (including phenoxy) is 1. The minimum atomic E-state index is 0.590. The van der Waals surface area contributed by atoms with E-state index in [9.17, 15) is 0 Å². The van der Waals surface area contributed by atoms with Crippen molar-refractivity contribution in [2.75, 3.05) is 26.3 Å². The second kappa shape index (κ2) is 6.97. The van der Waals surface area contributed by atoms with E-state index in [4.69, 9.17) is 10.5 Å². The Labute approximate surface area is 82.1 Å². The van der Waals surface area contributed by atoms with E-state index < -0.39 is 0 Å². The molecule has 1 aromatic rings. The predicted molar refractivity (Wildman–Crippen MR) is 53.7 cm³/mol. The van der Waals surface area contributed by atoms with E-state index in [0.29, 0.717) is 19.8 Å². The summed E-state index contributed by atoms with van der Waals surface area (Å²) in [5, 5.41) is 6.31. The lowest BCUT2D eigenvalue weighted by molar-refractivity contribution is 0.143. The highest BCUT2D eigenvalue weighted by Crippen LogP contribution is 2.01. The number of hydrogen-bond donors (Lipinski definition) is 2. The lowest BCUT2D eigenvalue weighted by atomic mass is 10.6. The molecular weight excluding hydrogens is 186 g/mol. The van der Waals surface area contributed by atoms with Gasteiger partial charge in [0.1, 0.15) is 5.01 Å². The Morgan fingerprint density at radius 3 is 3.15 bits per heavy atom. The number of rotatable bonds is 7. The van der Waals surface area contributed by atoms with Gasteiger partial charge >= 0.3 is 0 Å². The van der Waals surface area contributed by atoms with Gasteiger partial charge in [0, 0.05) is 31.2 Å². The molecule has 5 heteroatoms. The zero-order valence-electron chi connectivity index (χ0n) is 7.53. The molecule has 4 nitrogen and oxygen atoms in total. The lowest BCUT2D eigenvalue weighted by Gasteiger charge is -2.02. The predicted octanol–water partition coefficient (Wildman–Crippen LogP) is 0.208. The van der Waals surface area contributed by atoms with Gasteiger partial charge in [0.05, 0.1) is 13.2 Å². The van der Waals surface area contributed by atoms with E-state index in [2.05, 4.69) is 10.3 Å². The van der Waals surface area contributed by atoms with Gasteiger partial charge in [-0.1, -0.05) is 0 Å². The summed E-state index contributed by atoms with van der Waals surface area (Å²) in [6.07, 6.45) is 1.81. The molecule has 0 saturated carbocycles. The van der Waals surface area contributed by atoms with Crippen LogP contribution in [0.15, 0.2) is 11.6 Å². The Kier molecular flexibility index (Phi) is 5.67. The smallest absolute Gasteiger partial charge is 0.106 e. The van der Waals surface area contributed by atoms with Crippen LogP contribution in [0.1, 0.15) is 5.01 Å². The first-order chi connectivity index (χ1) is 6.43. The summed E-state index contributed by atoms with van der Waals surface area (Å²) in [6.45, 7) is 3.61. The molecule has 0 saturated heterocycles. The van der Waals surface area contributed by atoms with Crippen molar-refractivity contribution in [1.82, 2.24) is 10.3 Å². The number of nitrogens with one attached hydrogen (secondary N) is 1. The van der Waals surface area contributed by atoms with Crippen LogP contribution in [0, 0.1) is 0 Å². The minimum Gasteiger partial charge on any atom is -0.379 e. The third kappa shape index (κ3) is 4.94. The normalized spacial score (nSPS) is 10.5. The quantitative estimate of drug-likeness (QED) is 0.619. The van der Waals surface area contributed by atoms with Crippen LogP contribution < -0.4 is 11.1 Å². The largest absolute Gasteiger partial charge is 0.379 e. The molecule has 0 radical (unpaired) electrons. The molecule has 1 rings (SSSR count). The average Bonchev–Trinajstić information content (AvgIpc) is 2.63. The van der Waals surface area contributed by atoms with Crippen LogP contribution in [-0.2, 0) is 11.3 Å². The van der Waals surface area contributed by atoms with E-state index in [1.165, 1.54) is 0 Å². The molecular formula is C8H15N3OS. The van der Waals surface area contributed by atoms with Gasteiger partial charge in [0.2, 0.25) is 0 Å². The molecule has 0 unspecified atom stereocenters. The summed E-state index contributed by atoms with van der Waals surface area (Å²) >= 11 is 1.66. The number of thiazole rings is 1.